The normalized spacial score (nSPS) is 14.0. The zero-order valence-corrected chi connectivity index (χ0v) is 15.8. The molecule has 0 spiro atoms. The number of aromatic amines is 1. The Morgan fingerprint density at radius 3 is 2.75 bits per heavy atom. The molecule has 24 heavy (non-hydrogen) atoms. The molecule has 1 heterocycles. The quantitative estimate of drug-likeness (QED) is 0.624. The third kappa shape index (κ3) is 3.28. The number of aromatic nitrogens is 1. The van der Waals surface area contributed by atoms with Crippen molar-refractivity contribution in [3.8, 4) is 11.1 Å². The van der Waals surface area contributed by atoms with E-state index in [-0.39, 0.29) is 5.75 Å². The summed E-state index contributed by atoms with van der Waals surface area (Å²) in [5.74, 6) is -0.341. The highest BCUT2D eigenvalue weighted by atomic mass is 79.9. The number of H-pyrrole nitrogens is 1. The van der Waals surface area contributed by atoms with Crippen LogP contribution < -0.4 is 0 Å². The number of aliphatic hydroxyl groups is 1. The Kier molecular flexibility index (Phi) is 5.11. The van der Waals surface area contributed by atoms with E-state index in [2.05, 4.69) is 20.9 Å². The first-order chi connectivity index (χ1) is 11.4. The minimum atomic E-state index is -1.20. The molecule has 0 radical (unpaired) electrons. The third-order valence-corrected chi connectivity index (χ3v) is 5.72. The fourth-order valence-corrected chi connectivity index (χ4v) is 3.84. The van der Waals surface area contributed by atoms with Gasteiger partial charge in [-0.25, -0.2) is 4.39 Å². The molecule has 3 nitrogen and oxygen atoms in total. The molecule has 0 aliphatic heterocycles. The Hall–Kier alpha value is -1.21. The number of fused-ring (bicyclic) bond motifs is 1. The zero-order chi connectivity index (χ0) is 17.4. The number of benzene rings is 2. The van der Waals surface area contributed by atoms with Crippen molar-refractivity contribution in [1.82, 2.24) is 4.98 Å². The fourth-order valence-electron chi connectivity index (χ4n) is 2.72. The van der Waals surface area contributed by atoms with Gasteiger partial charge in [0.2, 0.25) is 0 Å². The summed E-state index contributed by atoms with van der Waals surface area (Å²) in [6, 6.07) is 9.84. The van der Waals surface area contributed by atoms with Gasteiger partial charge in [0.05, 0.1) is 16.5 Å². The van der Waals surface area contributed by atoms with Crippen LogP contribution in [0.2, 0.25) is 5.02 Å². The molecular formula is C17H14BrClFNO2S. The van der Waals surface area contributed by atoms with E-state index >= 15 is 0 Å². The van der Waals surface area contributed by atoms with Gasteiger partial charge >= 0.3 is 0 Å². The molecule has 2 unspecified atom stereocenters. The van der Waals surface area contributed by atoms with Gasteiger partial charge in [-0.1, -0.05) is 29.8 Å². The number of nitrogens with one attached hydrogen (secondary N) is 1. The lowest BCUT2D eigenvalue weighted by Crippen LogP contribution is -2.09. The molecule has 0 aliphatic carbocycles. The van der Waals surface area contributed by atoms with E-state index in [0.717, 1.165) is 0 Å². The zero-order valence-electron chi connectivity index (χ0n) is 12.6. The summed E-state index contributed by atoms with van der Waals surface area (Å²) in [6.07, 6.45) is 0.512. The SMILES string of the molecule is CS(=O)CC(O)c1[nH]c2cc(Br)c(Cl)cc2c1-c1ccccc1F. The minimum Gasteiger partial charge on any atom is -0.386 e. The molecule has 1 aromatic heterocycles. The topological polar surface area (TPSA) is 53.1 Å². The molecule has 3 aromatic rings. The van der Waals surface area contributed by atoms with Crippen LogP contribution in [-0.4, -0.2) is 26.3 Å². The van der Waals surface area contributed by atoms with E-state index in [0.29, 0.717) is 37.2 Å². The van der Waals surface area contributed by atoms with E-state index in [4.69, 9.17) is 11.6 Å². The molecule has 0 fully saturated rings. The van der Waals surface area contributed by atoms with Gasteiger partial charge in [0.1, 0.15) is 11.9 Å². The largest absolute Gasteiger partial charge is 0.386 e. The molecule has 126 valence electrons. The van der Waals surface area contributed by atoms with Crippen LogP contribution in [0.5, 0.6) is 0 Å². The molecule has 2 N–H and O–H groups in total. The smallest absolute Gasteiger partial charge is 0.131 e. The van der Waals surface area contributed by atoms with E-state index in [1.165, 1.54) is 12.3 Å². The third-order valence-electron chi connectivity index (χ3n) is 3.74. The molecule has 0 saturated heterocycles. The number of hydrogen-bond donors (Lipinski definition) is 2. The van der Waals surface area contributed by atoms with Crippen molar-refractivity contribution in [2.45, 2.75) is 6.10 Å². The monoisotopic (exact) mass is 429 g/mol. The lowest BCUT2D eigenvalue weighted by Gasteiger charge is -2.11. The predicted octanol–water partition coefficient (Wildman–Crippen LogP) is 4.80. The Morgan fingerprint density at radius 2 is 2.08 bits per heavy atom. The molecule has 3 rings (SSSR count). The van der Waals surface area contributed by atoms with Crippen molar-refractivity contribution in [1.29, 1.82) is 0 Å². The predicted molar refractivity (Wildman–Crippen MR) is 100 cm³/mol. The first-order valence-electron chi connectivity index (χ1n) is 7.12. The van der Waals surface area contributed by atoms with Gasteiger partial charge in [0.25, 0.3) is 0 Å². The average molecular weight is 431 g/mol. The summed E-state index contributed by atoms with van der Waals surface area (Å²) >= 11 is 9.56. The van der Waals surface area contributed by atoms with Gasteiger partial charge in [0, 0.05) is 43.6 Å². The Labute approximate surface area is 154 Å². The van der Waals surface area contributed by atoms with Crippen LogP contribution >= 0.6 is 27.5 Å². The minimum absolute atomic E-state index is 0.0587. The van der Waals surface area contributed by atoms with Gasteiger partial charge in [-0.05, 0) is 34.1 Å². The van der Waals surface area contributed by atoms with E-state index in [1.807, 2.05) is 0 Å². The van der Waals surface area contributed by atoms with E-state index in [9.17, 15) is 13.7 Å². The van der Waals surface area contributed by atoms with Crippen molar-refractivity contribution >= 4 is 49.2 Å². The van der Waals surface area contributed by atoms with Crippen LogP contribution in [-0.2, 0) is 10.8 Å². The van der Waals surface area contributed by atoms with Crippen LogP contribution in [0.1, 0.15) is 11.8 Å². The number of rotatable bonds is 4. The molecule has 2 aromatic carbocycles. The molecule has 0 bridgehead atoms. The summed E-state index contributed by atoms with van der Waals surface area (Å²) in [4.78, 5) is 3.12. The maximum absolute atomic E-state index is 14.4. The lowest BCUT2D eigenvalue weighted by molar-refractivity contribution is 0.199. The Morgan fingerprint density at radius 1 is 1.38 bits per heavy atom. The second-order valence-electron chi connectivity index (χ2n) is 5.46. The molecule has 0 amide bonds. The molecule has 2 atom stereocenters. The van der Waals surface area contributed by atoms with Crippen LogP contribution in [0, 0.1) is 5.82 Å². The first kappa shape index (κ1) is 17.6. The second-order valence-corrected chi connectivity index (χ2v) is 8.20. The van der Waals surface area contributed by atoms with Crippen molar-refractivity contribution in [3.63, 3.8) is 0 Å². The first-order valence-corrected chi connectivity index (χ1v) is 10.0. The van der Waals surface area contributed by atoms with Crippen molar-refractivity contribution in [2.75, 3.05) is 12.0 Å². The summed E-state index contributed by atoms with van der Waals surface area (Å²) in [6.45, 7) is 0. The summed E-state index contributed by atoms with van der Waals surface area (Å²) in [5, 5.41) is 11.7. The standard InChI is InChI=1S/C17H14BrClFNO2S/c1-24(23)8-15(22)17-16(9-4-2-3-5-13(9)20)10-6-12(19)11(18)7-14(10)21-17/h2-7,15,21-22H,8H2,1H3. The van der Waals surface area contributed by atoms with Gasteiger partial charge in [-0.3, -0.25) is 4.21 Å². The maximum atomic E-state index is 14.4. The highest BCUT2D eigenvalue weighted by Crippen LogP contribution is 2.40. The average Bonchev–Trinajstić information content (AvgIpc) is 2.86. The van der Waals surface area contributed by atoms with E-state index in [1.54, 1.807) is 30.3 Å². The van der Waals surface area contributed by atoms with Crippen LogP contribution in [0.4, 0.5) is 4.39 Å². The number of halogens is 3. The van der Waals surface area contributed by atoms with Crippen molar-refractivity contribution in [2.24, 2.45) is 0 Å². The highest BCUT2D eigenvalue weighted by Gasteiger charge is 2.23. The van der Waals surface area contributed by atoms with Gasteiger partial charge in [-0.2, -0.15) is 0 Å². The number of aliphatic hydroxyl groups excluding tert-OH is 1. The molecule has 0 aliphatic rings. The Bertz CT molecular complexity index is 944. The van der Waals surface area contributed by atoms with Gasteiger partial charge in [0.15, 0.2) is 0 Å². The van der Waals surface area contributed by atoms with E-state index < -0.39 is 22.7 Å². The maximum Gasteiger partial charge on any atom is 0.131 e. The molecule has 0 saturated carbocycles. The van der Waals surface area contributed by atoms with Crippen molar-refractivity contribution in [3.05, 3.63) is 57.4 Å². The number of hydrogen-bond acceptors (Lipinski definition) is 2. The van der Waals surface area contributed by atoms with Crippen molar-refractivity contribution < 1.29 is 13.7 Å². The van der Waals surface area contributed by atoms with Crippen LogP contribution in [0.3, 0.4) is 0 Å². The highest BCUT2D eigenvalue weighted by molar-refractivity contribution is 9.10. The van der Waals surface area contributed by atoms with Gasteiger partial charge in [-0.15, -0.1) is 0 Å². The van der Waals surface area contributed by atoms with Crippen LogP contribution in [0.25, 0.3) is 22.0 Å². The second kappa shape index (κ2) is 6.96. The molecule has 7 heteroatoms. The fraction of sp³-hybridized carbons (Fsp3) is 0.176. The Balaban J connectivity index is 2.32. The van der Waals surface area contributed by atoms with Crippen LogP contribution in [0.15, 0.2) is 40.9 Å². The van der Waals surface area contributed by atoms with Gasteiger partial charge < -0.3 is 10.1 Å². The summed E-state index contributed by atoms with van der Waals surface area (Å²) < 4.78 is 26.6. The lowest BCUT2D eigenvalue weighted by atomic mass is 9.99. The summed E-state index contributed by atoms with van der Waals surface area (Å²) in [5.41, 5.74) is 2.04. The summed E-state index contributed by atoms with van der Waals surface area (Å²) in [7, 11) is -1.20. The molecular weight excluding hydrogens is 417 g/mol.